The van der Waals surface area contributed by atoms with Gasteiger partial charge in [-0.05, 0) is 33.8 Å². The van der Waals surface area contributed by atoms with Crippen LogP contribution in [0.4, 0.5) is 0 Å². The molecular weight excluding hydrogens is 246 g/mol. The maximum atomic E-state index is 6.13. The molecule has 19 heavy (non-hydrogen) atoms. The third-order valence-electron chi connectivity index (χ3n) is 2.81. The van der Waals surface area contributed by atoms with E-state index in [1.54, 1.807) is 0 Å². The van der Waals surface area contributed by atoms with E-state index < -0.39 is 5.54 Å². The van der Waals surface area contributed by atoms with Crippen molar-refractivity contribution in [1.82, 2.24) is 10.1 Å². The fourth-order valence-electron chi connectivity index (χ4n) is 1.79. The Kier molecular flexibility index (Phi) is 3.73. The van der Waals surface area contributed by atoms with Gasteiger partial charge in [0.05, 0.1) is 12.2 Å². The van der Waals surface area contributed by atoms with Crippen LogP contribution in [-0.2, 0) is 10.3 Å². The van der Waals surface area contributed by atoms with Crippen molar-refractivity contribution in [2.75, 3.05) is 13.2 Å². The first-order chi connectivity index (χ1) is 8.94. The Labute approximate surface area is 111 Å². The average molecular weight is 265 g/mol. The van der Waals surface area contributed by atoms with Crippen molar-refractivity contribution < 1.29 is 13.7 Å². The monoisotopic (exact) mass is 265 g/mol. The minimum Gasteiger partial charge on any atom is -0.466 e. The lowest BCUT2D eigenvalue weighted by atomic mass is 10.1. The molecule has 2 N–H and O–H groups in total. The topological polar surface area (TPSA) is 87.3 Å². The number of hydrogen-bond donors (Lipinski definition) is 1. The van der Waals surface area contributed by atoms with Crippen LogP contribution >= 0.6 is 0 Å². The third-order valence-corrected chi connectivity index (χ3v) is 2.81. The highest BCUT2D eigenvalue weighted by Gasteiger charge is 2.28. The molecule has 0 aliphatic carbocycles. The Morgan fingerprint density at radius 3 is 2.74 bits per heavy atom. The zero-order chi connectivity index (χ0) is 14.0. The van der Waals surface area contributed by atoms with Crippen molar-refractivity contribution in [2.24, 2.45) is 5.73 Å². The molecule has 0 aliphatic heterocycles. The summed E-state index contributed by atoms with van der Waals surface area (Å²) < 4.78 is 16.0. The van der Waals surface area contributed by atoms with E-state index in [0.717, 1.165) is 17.1 Å². The van der Waals surface area contributed by atoms with Gasteiger partial charge in [-0.25, -0.2) is 0 Å². The van der Waals surface area contributed by atoms with Gasteiger partial charge in [-0.1, -0.05) is 5.16 Å². The first kappa shape index (κ1) is 13.8. The minimum absolute atomic E-state index is 0.339. The molecule has 0 bridgehead atoms. The zero-order valence-corrected chi connectivity index (χ0v) is 11.7. The van der Waals surface area contributed by atoms with Crippen LogP contribution < -0.4 is 5.73 Å². The van der Waals surface area contributed by atoms with Crippen molar-refractivity contribution >= 4 is 0 Å². The van der Waals surface area contributed by atoms with Crippen LogP contribution in [0.3, 0.4) is 0 Å². The number of hydrogen-bond acceptors (Lipinski definition) is 6. The smallest absolute Gasteiger partial charge is 0.261 e. The summed E-state index contributed by atoms with van der Waals surface area (Å²) in [6.45, 7) is 8.38. The highest BCUT2D eigenvalue weighted by molar-refractivity contribution is 5.56. The molecule has 2 rings (SSSR count). The van der Waals surface area contributed by atoms with Crippen LogP contribution in [-0.4, -0.2) is 23.4 Å². The number of aromatic nitrogens is 2. The van der Waals surface area contributed by atoms with Gasteiger partial charge in [-0.2, -0.15) is 4.98 Å². The molecule has 0 saturated heterocycles. The Bertz CT molecular complexity index is 557. The molecule has 104 valence electrons. The molecule has 6 heteroatoms. The highest BCUT2D eigenvalue weighted by Crippen LogP contribution is 2.26. The summed E-state index contributed by atoms with van der Waals surface area (Å²) in [6.07, 6.45) is 0. The molecule has 2 heterocycles. The normalized spacial score (nSPS) is 14.6. The fraction of sp³-hybridized carbons (Fsp3) is 0.538. The highest BCUT2D eigenvalue weighted by atomic mass is 16.5. The van der Waals surface area contributed by atoms with Crippen LogP contribution in [0, 0.1) is 13.8 Å². The van der Waals surface area contributed by atoms with Crippen LogP contribution in [0.25, 0.3) is 11.5 Å². The number of nitrogens with zero attached hydrogens (tertiary/aromatic N) is 2. The SMILES string of the molecule is CCOCC(C)(N)c1noc(-c2cc(C)oc2C)n1. The fourth-order valence-corrected chi connectivity index (χ4v) is 1.79. The van der Waals surface area contributed by atoms with Crippen molar-refractivity contribution in [2.45, 2.75) is 33.2 Å². The molecule has 0 spiro atoms. The Morgan fingerprint density at radius 1 is 1.42 bits per heavy atom. The lowest BCUT2D eigenvalue weighted by molar-refractivity contribution is 0.0962. The summed E-state index contributed by atoms with van der Waals surface area (Å²) in [5.74, 6) is 2.39. The third kappa shape index (κ3) is 2.85. The minimum atomic E-state index is -0.773. The number of ether oxygens (including phenoxy) is 1. The van der Waals surface area contributed by atoms with E-state index in [1.165, 1.54) is 0 Å². The zero-order valence-electron chi connectivity index (χ0n) is 11.7. The first-order valence-electron chi connectivity index (χ1n) is 6.22. The van der Waals surface area contributed by atoms with Crippen molar-refractivity contribution in [3.8, 4) is 11.5 Å². The summed E-state index contributed by atoms with van der Waals surface area (Å²) in [7, 11) is 0. The molecule has 0 radical (unpaired) electrons. The molecule has 1 unspecified atom stereocenters. The quantitative estimate of drug-likeness (QED) is 0.891. The largest absolute Gasteiger partial charge is 0.466 e. The van der Waals surface area contributed by atoms with Crippen LogP contribution in [0.1, 0.15) is 31.2 Å². The van der Waals surface area contributed by atoms with Crippen molar-refractivity contribution in [3.05, 3.63) is 23.4 Å². The average Bonchev–Trinajstić information content (AvgIpc) is 2.93. The number of nitrogens with two attached hydrogens (primary N) is 1. The van der Waals surface area contributed by atoms with Gasteiger partial charge in [0.2, 0.25) is 0 Å². The molecule has 0 saturated carbocycles. The van der Waals surface area contributed by atoms with Crippen LogP contribution in [0.2, 0.25) is 0 Å². The number of rotatable bonds is 5. The van der Waals surface area contributed by atoms with E-state index in [-0.39, 0.29) is 0 Å². The van der Waals surface area contributed by atoms with E-state index in [1.807, 2.05) is 33.8 Å². The second-order valence-electron chi connectivity index (χ2n) is 4.80. The van der Waals surface area contributed by atoms with Gasteiger partial charge in [0.1, 0.15) is 17.1 Å². The molecule has 0 aliphatic rings. The van der Waals surface area contributed by atoms with E-state index in [2.05, 4.69) is 10.1 Å². The van der Waals surface area contributed by atoms with Crippen LogP contribution in [0.5, 0.6) is 0 Å². The maximum Gasteiger partial charge on any atom is 0.261 e. The molecule has 0 amide bonds. The van der Waals surface area contributed by atoms with E-state index >= 15 is 0 Å². The molecule has 0 aromatic carbocycles. The molecular formula is C13H19N3O3. The van der Waals surface area contributed by atoms with E-state index in [0.29, 0.717) is 24.9 Å². The number of furan rings is 1. The summed E-state index contributed by atoms with van der Waals surface area (Å²) in [6, 6.07) is 1.86. The standard InChI is InChI=1S/C13H19N3O3/c1-5-17-7-13(4,14)12-15-11(19-16-12)10-6-8(2)18-9(10)3/h6H,5,7,14H2,1-4H3. The van der Waals surface area contributed by atoms with Crippen molar-refractivity contribution in [3.63, 3.8) is 0 Å². The maximum absolute atomic E-state index is 6.13. The van der Waals surface area contributed by atoms with Gasteiger partial charge in [-0.3, -0.25) is 0 Å². The predicted molar refractivity (Wildman–Crippen MR) is 69.5 cm³/mol. The second-order valence-corrected chi connectivity index (χ2v) is 4.80. The summed E-state index contributed by atoms with van der Waals surface area (Å²) >= 11 is 0. The Balaban J connectivity index is 2.26. The summed E-state index contributed by atoms with van der Waals surface area (Å²) in [4.78, 5) is 4.34. The van der Waals surface area contributed by atoms with E-state index in [4.69, 9.17) is 19.4 Å². The predicted octanol–water partition coefficient (Wildman–Crippen LogP) is 2.16. The van der Waals surface area contributed by atoms with Gasteiger partial charge < -0.3 is 19.4 Å². The van der Waals surface area contributed by atoms with E-state index in [9.17, 15) is 0 Å². The Morgan fingerprint density at radius 2 is 2.16 bits per heavy atom. The van der Waals surface area contributed by atoms with Crippen molar-refractivity contribution in [1.29, 1.82) is 0 Å². The summed E-state index contributed by atoms with van der Waals surface area (Å²) in [5.41, 5.74) is 6.15. The lowest BCUT2D eigenvalue weighted by Crippen LogP contribution is -2.39. The Hall–Kier alpha value is -1.66. The number of aryl methyl sites for hydroxylation is 2. The molecule has 6 nitrogen and oxygen atoms in total. The van der Waals surface area contributed by atoms with Gasteiger partial charge in [0, 0.05) is 6.61 Å². The second kappa shape index (κ2) is 5.14. The van der Waals surface area contributed by atoms with Gasteiger partial charge >= 0.3 is 0 Å². The molecule has 0 fully saturated rings. The lowest BCUT2D eigenvalue weighted by Gasteiger charge is -2.19. The molecule has 1 atom stereocenters. The van der Waals surface area contributed by atoms with Crippen LogP contribution in [0.15, 0.2) is 15.0 Å². The molecule has 2 aromatic rings. The van der Waals surface area contributed by atoms with Gasteiger partial charge in [0.15, 0.2) is 5.82 Å². The first-order valence-corrected chi connectivity index (χ1v) is 6.22. The van der Waals surface area contributed by atoms with Gasteiger partial charge in [-0.15, -0.1) is 0 Å². The molecule has 2 aromatic heterocycles. The summed E-state index contributed by atoms with van der Waals surface area (Å²) in [5, 5.41) is 3.93. The van der Waals surface area contributed by atoms with Gasteiger partial charge in [0.25, 0.3) is 5.89 Å².